The van der Waals surface area contributed by atoms with Gasteiger partial charge in [0, 0.05) is 35.5 Å². The number of ether oxygens (including phenoxy) is 3. The molecule has 1 unspecified atom stereocenters. The third-order valence-electron chi connectivity index (χ3n) is 5.76. The molecule has 1 saturated heterocycles. The van der Waals surface area contributed by atoms with Crippen molar-refractivity contribution < 1.29 is 28.9 Å². The molecule has 1 aromatic heterocycles. The summed E-state index contributed by atoms with van der Waals surface area (Å²) in [6.07, 6.45) is -0.734. The maximum atomic E-state index is 12.8. The number of benzene rings is 2. The van der Waals surface area contributed by atoms with Crippen molar-refractivity contribution in [3.8, 4) is 22.8 Å². The molecule has 8 heteroatoms. The Morgan fingerprint density at radius 1 is 1.11 bits per heavy atom. The number of amides is 1. The van der Waals surface area contributed by atoms with E-state index in [0.717, 1.165) is 16.6 Å². The topological polar surface area (TPSA) is 98.2 Å². The molecule has 0 aliphatic carbocycles. The van der Waals surface area contributed by atoms with Crippen molar-refractivity contribution >= 4 is 23.0 Å². The lowest BCUT2D eigenvalue weighted by molar-refractivity contribution is -0.138. The second kappa shape index (κ2) is 9.82. The molecule has 4 rings (SSSR count). The van der Waals surface area contributed by atoms with Gasteiger partial charge in [-0.1, -0.05) is 30.3 Å². The molecule has 184 valence electrons. The van der Waals surface area contributed by atoms with Crippen LogP contribution in [0.1, 0.15) is 33.6 Å². The lowest BCUT2D eigenvalue weighted by Crippen LogP contribution is -2.41. The third-order valence-corrected chi connectivity index (χ3v) is 5.76. The molecule has 1 N–H and O–H groups in total. The van der Waals surface area contributed by atoms with Crippen LogP contribution in [0.2, 0.25) is 0 Å². The minimum Gasteiger partial charge on any atom is -0.497 e. The van der Waals surface area contributed by atoms with E-state index in [1.54, 1.807) is 27.9 Å². The van der Waals surface area contributed by atoms with Gasteiger partial charge in [-0.3, -0.25) is 4.79 Å². The lowest BCUT2D eigenvalue weighted by Gasteiger charge is -2.27. The Kier molecular flexibility index (Phi) is 6.82. The summed E-state index contributed by atoms with van der Waals surface area (Å²) in [6.45, 7) is 5.57. The van der Waals surface area contributed by atoms with Gasteiger partial charge in [0.15, 0.2) is 0 Å². The smallest absolute Gasteiger partial charge is 0.410 e. The van der Waals surface area contributed by atoms with Crippen molar-refractivity contribution in [1.29, 1.82) is 0 Å². The van der Waals surface area contributed by atoms with Crippen molar-refractivity contribution in [2.75, 3.05) is 13.7 Å². The van der Waals surface area contributed by atoms with Crippen molar-refractivity contribution in [3.05, 3.63) is 54.6 Å². The molecule has 0 saturated carbocycles. The van der Waals surface area contributed by atoms with Crippen LogP contribution in [0.25, 0.3) is 22.2 Å². The first-order chi connectivity index (χ1) is 16.6. The van der Waals surface area contributed by atoms with Crippen molar-refractivity contribution in [2.45, 2.75) is 51.4 Å². The Morgan fingerprint density at radius 2 is 1.86 bits per heavy atom. The van der Waals surface area contributed by atoms with E-state index in [-0.39, 0.29) is 13.0 Å². The summed E-state index contributed by atoms with van der Waals surface area (Å²) in [4.78, 5) is 30.5. The van der Waals surface area contributed by atoms with Crippen LogP contribution >= 0.6 is 0 Å². The number of carboxylic acids is 1. The second-order valence-electron chi connectivity index (χ2n) is 9.61. The third kappa shape index (κ3) is 5.82. The van der Waals surface area contributed by atoms with E-state index in [4.69, 9.17) is 19.2 Å². The lowest BCUT2D eigenvalue weighted by atomic mass is 10.1. The largest absolute Gasteiger partial charge is 0.497 e. The molecule has 1 amide bonds. The Balaban J connectivity index is 1.67. The van der Waals surface area contributed by atoms with Crippen LogP contribution in [0.5, 0.6) is 11.5 Å². The van der Waals surface area contributed by atoms with Crippen LogP contribution in [0.15, 0.2) is 54.6 Å². The molecule has 8 nitrogen and oxygen atoms in total. The number of carboxylic acid groups (broad SMARTS) is 1. The highest BCUT2D eigenvalue weighted by atomic mass is 16.6. The molecule has 35 heavy (non-hydrogen) atoms. The summed E-state index contributed by atoms with van der Waals surface area (Å²) >= 11 is 0. The van der Waals surface area contributed by atoms with Crippen molar-refractivity contribution in [2.24, 2.45) is 0 Å². The van der Waals surface area contributed by atoms with Crippen LogP contribution in [-0.2, 0) is 9.53 Å². The Hall–Kier alpha value is -3.81. The number of aromatic nitrogens is 1. The highest BCUT2D eigenvalue weighted by Gasteiger charge is 2.40. The zero-order valence-electron chi connectivity index (χ0n) is 20.4. The SMILES string of the molecule is COc1ccc2c(O[C@@H]3CC(CC(=O)O)N(C(=O)OC(C)(C)C)C3)cc(-c3ccccc3)nc2c1. The van der Waals surface area contributed by atoms with E-state index < -0.39 is 29.8 Å². The molecule has 1 aliphatic heterocycles. The fourth-order valence-corrected chi connectivity index (χ4v) is 4.24. The molecule has 2 heterocycles. The number of hydrogen-bond acceptors (Lipinski definition) is 6. The fourth-order valence-electron chi connectivity index (χ4n) is 4.24. The van der Waals surface area contributed by atoms with Gasteiger partial charge in [0.2, 0.25) is 0 Å². The first kappa shape index (κ1) is 24.3. The van der Waals surface area contributed by atoms with Crippen LogP contribution < -0.4 is 9.47 Å². The molecule has 0 radical (unpaired) electrons. The predicted octanol–water partition coefficient (Wildman–Crippen LogP) is 5.14. The van der Waals surface area contributed by atoms with E-state index in [2.05, 4.69) is 0 Å². The van der Waals surface area contributed by atoms with E-state index in [0.29, 0.717) is 23.4 Å². The number of rotatable bonds is 6. The number of pyridine rings is 1. The second-order valence-corrected chi connectivity index (χ2v) is 9.61. The minimum absolute atomic E-state index is 0.178. The molecule has 0 bridgehead atoms. The van der Waals surface area contributed by atoms with E-state index in [1.165, 1.54) is 4.90 Å². The summed E-state index contributed by atoms with van der Waals surface area (Å²) in [5.41, 5.74) is 1.71. The number of aliphatic carboxylic acids is 1. The molecule has 3 aromatic rings. The van der Waals surface area contributed by atoms with Gasteiger partial charge in [-0.05, 0) is 32.9 Å². The summed E-state index contributed by atoms with van der Waals surface area (Å²) in [6, 6.07) is 16.7. The highest BCUT2D eigenvalue weighted by molar-refractivity contribution is 5.89. The van der Waals surface area contributed by atoms with Gasteiger partial charge >= 0.3 is 12.1 Å². The van der Waals surface area contributed by atoms with Crippen molar-refractivity contribution in [1.82, 2.24) is 9.88 Å². The maximum Gasteiger partial charge on any atom is 0.410 e. The normalized spacial score (nSPS) is 17.9. The van der Waals surface area contributed by atoms with Gasteiger partial charge < -0.3 is 24.2 Å². The Bertz CT molecular complexity index is 1220. The van der Waals surface area contributed by atoms with E-state index in [9.17, 15) is 14.7 Å². The number of hydrogen-bond donors (Lipinski definition) is 1. The number of carbonyl (C=O) groups excluding carboxylic acids is 1. The van der Waals surface area contributed by atoms with Crippen molar-refractivity contribution in [3.63, 3.8) is 0 Å². The number of fused-ring (bicyclic) bond motifs is 1. The minimum atomic E-state index is -0.975. The van der Waals surface area contributed by atoms with Gasteiger partial charge in [0.25, 0.3) is 0 Å². The monoisotopic (exact) mass is 478 g/mol. The van der Waals surface area contributed by atoms with E-state index in [1.807, 2.05) is 54.6 Å². The Morgan fingerprint density at radius 3 is 2.51 bits per heavy atom. The zero-order chi connectivity index (χ0) is 25.2. The molecular weight excluding hydrogens is 448 g/mol. The number of carbonyl (C=O) groups is 2. The quantitative estimate of drug-likeness (QED) is 0.524. The predicted molar refractivity (Wildman–Crippen MR) is 132 cm³/mol. The molecule has 0 spiro atoms. The van der Waals surface area contributed by atoms with Crippen LogP contribution in [-0.4, -0.2) is 58.5 Å². The van der Waals surface area contributed by atoms with Gasteiger partial charge in [0.05, 0.1) is 31.3 Å². The number of likely N-dealkylation sites (tertiary alicyclic amines) is 1. The molecule has 2 atom stereocenters. The van der Waals surface area contributed by atoms with Crippen LogP contribution in [0, 0.1) is 0 Å². The molecule has 1 fully saturated rings. The number of nitrogens with zero attached hydrogens (tertiary/aromatic N) is 2. The number of methoxy groups -OCH3 is 1. The first-order valence-electron chi connectivity index (χ1n) is 11.6. The Labute approximate surface area is 204 Å². The fraction of sp³-hybridized carbons (Fsp3) is 0.370. The van der Waals surface area contributed by atoms with Gasteiger partial charge in [-0.15, -0.1) is 0 Å². The molecular formula is C27H30N2O6. The van der Waals surface area contributed by atoms with E-state index >= 15 is 0 Å². The summed E-state index contributed by atoms with van der Waals surface area (Å²) in [5.74, 6) is 0.318. The highest BCUT2D eigenvalue weighted by Crippen LogP contribution is 2.35. The molecule has 2 aromatic carbocycles. The van der Waals surface area contributed by atoms with Crippen LogP contribution in [0.4, 0.5) is 4.79 Å². The zero-order valence-corrected chi connectivity index (χ0v) is 20.4. The summed E-state index contributed by atoms with van der Waals surface area (Å²) in [7, 11) is 1.60. The van der Waals surface area contributed by atoms with Crippen LogP contribution in [0.3, 0.4) is 0 Å². The standard InChI is InChI=1S/C27H30N2O6/c1-27(2,3)35-26(32)29-16-20(12-18(29)13-25(30)31)34-24-15-22(17-8-6-5-7-9-17)28-23-14-19(33-4)10-11-21(23)24/h5-11,14-15,18,20H,12-13,16H2,1-4H3,(H,30,31)/t18?,20-/m1/s1. The average molecular weight is 479 g/mol. The maximum absolute atomic E-state index is 12.8. The van der Waals surface area contributed by atoms with Gasteiger partial charge in [-0.25, -0.2) is 9.78 Å². The summed E-state index contributed by atoms with van der Waals surface area (Å²) < 4.78 is 17.3. The average Bonchev–Trinajstić information content (AvgIpc) is 3.19. The van der Waals surface area contributed by atoms with Gasteiger partial charge in [-0.2, -0.15) is 0 Å². The summed E-state index contributed by atoms with van der Waals surface area (Å²) in [5, 5.41) is 10.2. The molecule has 1 aliphatic rings. The van der Waals surface area contributed by atoms with Gasteiger partial charge in [0.1, 0.15) is 23.2 Å². The first-order valence-corrected chi connectivity index (χ1v) is 11.6.